The van der Waals surface area contributed by atoms with Gasteiger partial charge in [-0.05, 0) is 49.6 Å². The van der Waals surface area contributed by atoms with Crippen LogP contribution in [0.1, 0.15) is 30.1 Å². The van der Waals surface area contributed by atoms with Gasteiger partial charge in [-0.2, -0.15) is 0 Å². The van der Waals surface area contributed by atoms with Crippen LogP contribution in [0.5, 0.6) is 0 Å². The molecule has 0 aromatic heterocycles. The van der Waals surface area contributed by atoms with E-state index in [4.69, 9.17) is 0 Å². The summed E-state index contributed by atoms with van der Waals surface area (Å²) < 4.78 is 0. The molecule has 1 heterocycles. The molecule has 2 rings (SSSR count). The number of amides is 2. The van der Waals surface area contributed by atoms with Crippen molar-refractivity contribution in [1.29, 1.82) is 0 Å². The van der Waals surface area contributed by atoms with Crippen LogP contribution >= 0.6 is 0 Å². The molecule has 2 unspecified atom stereocenters. The molecule has 0 saturated carbocycles. The lowest BCUT2D eigenvalue weighted by Crippen LogP contribution is -2.45. The first-order chi connectivity index (χ1) is 9.60. The SMILES string of the molecule is CNC(=O)c1ccc(NC(=O)C2CC(C)CCN2)cc1. The topological polar surface area (TPSA) is 70.2 Å². The molecule has 2 amide bonds. The standard InChI is InChI=1S/C15H21N3O2/c1-10-7-8-17-13(9-10)15(20)18-12-5-3-11(4-6-12)14(19)16-2/h3-6,10,13,17H,7-9H2,1-2H3,(H,16,19)(H,18,20). The lowest BCUT2D eigenvalue weighted by atomic mass is 9.94. The molecule has 108 valence electrons. The highest BCUT2D eigenvalue weighted by Gasteiger charge is 2.24. The molecule has 0 aliphatic carbocycles. The van der Waals surface area contributed by atoms with E-state index < -0.39 is 0 Å². The molecule has 0 bridgehead atoms. The van der Waals surface area contributed by atoms with Gasteiger partial charge in [-0.15, -0.1) is 0 Å². The fourth-order valence-corrected chi connectivity index (χ4v) is 2.39. The summed E-state index contributed by atoms with van der Waals surface area (Å²) in [5.74, 6) is 0.428. The highest BCUT2D eigenvalue weighted by molar-refractivity contribution is 5.97. The summed E-state index contributed by atoms with van der Waals surface area (Å²) in [6, 6.07) is 6.76. The van der Waals surface area contributed by atoms with E-state index in [1.807, 2.05) is 0 Å². The van der Waals surface area contributed by atoms with Crippen molar-refractivity contribution < 1.29 is 9.59 Å². The minimum absolute atomic E-state index is 0.00996. The monoisotopic (exact) mass is 275 g/mol. The van der Waals surface area contributed by atoms with Crippen LogP contribution < -0.4 is 16.0 Å². The molecule has 0 spiro atoms. The summed E-state index contributed by atoms with van der Waals surface area (Å²) in [7, 11) is 1.59. The molecule has 1 aromatic carbocycles. The summed E-state index contributed by atoms with van der Waals surface area (Å²) in [6.45, 7) is 3.05. The number of hydrogen-bond donors (Lipinski definition) is 3. The van der Waals surface area contributed by atoms with E-state index >= 15 is 0 Å². The first-order valence-corrected chi connectivity index (χ1v) is 6.96. The molecule has 1 aliphatic heterocycles. The molecule has 3 N–H and O–H groups in total. The van der Waals surface area contributed by atoms with Crippen LogP contribution in [0.3, 0.4) is 0 Å². The van der Waals surface area contributed by atoms with E-state index in [1.54, 1.807) is 31.3 Å². The van der Waals surface area contributed by atoms with Crippen molar-refractivity contribution in [2.75, 3.05) is 18.9 Å². The van der Waals surface area contributed by atoms with Crippen molar-refractivity contribution in [3.8, 4) is 0 Å². The predicted octanol–water partition coefficient (Wildman–Crippen LogP) is 1.37. The molecule has 1 saturated heterocycles. The van der Waals surface area contributed by atoms with Gasteiger partial charge in [0.15, 0.2) is 0 Å². The summed E-state index contributed by atoms with van der Waals surface area (Å²) in [5, 5.41) is 8.68. The van der Waals surface area contributed by atoms with E-state index in [-0.39, 0.29) is 17.9 Å². The van der Waals surface area contributed by atoms with Crippen molar-refractivity contribution in [3.63, 3.8) is 0 Å². The Hall–Kier alpha value is -1.88. The Balaban J connectivity index is 1.95. The van der Waals surface area contributed by atoms with Crippen LogP contribution in [0.4, 0.5) is 5.69 Å². The van der Waals surface area contributed by atoms with Crippen LogP contribution in [0, 0.1) is 5.92 Å². The zero-order valence-electron chi connectivity index (χ0n) is 11.9. The number of carbonyl (C=O) groups is 2. The summed E-state index contributed by atoms with van der Waals surface area (Å²) in [5.41, 5.74) is 1.29. The minimum Gasteiger partial charge on any atom is -0.355 e. The first-order valence-electron chi connectivity index (χ1n) is 6.96. The zero-order valence-corrected chi connectivity index (χ0v) is 11.9. The Morgan fingerprint density at radius 3 is 2.55 bits per heavy atom. The van der Waals surface area contributed by atoms with Gasteiger partial charge in [0, 0.05) is 18.3 Å². The van der Waals surface area contributed by atoms with Crippen LogP contribution in [0.25, 0.3) is 0 Å². The third-order valence-corrected chi connectivity index (χ3v) is 3.62. The fourth-order valence-electron chi connectivity index (χ4n) is 2.39. The second-order valence-corrected chi connectivity index (χ2v) is 5.28. The highest BCUT2D eigenvalue weighted by atomic mass is 16.2. The average Bonchev–Trinajstić information content (AvgIpc) is 2.47. The molecular formula is C15H21N3O2. The number of nitrogens with one attached hydrogen (secondary N) is 3. The lowest BCUT2D eigenvalue weighted by molar-refractivity contribution is -0.119. The van der Waals surface area contributed by atoms with Crippen LogP contribution in [0.2, 0.25) is 0 Å². The number of hydrogen-bond acceptors (Lipinski definition) is 3. The van der Waals surface area contributed by atoms with Crippen LogP contribution in [-0.2, 0) is 4.79 Å². The Bertz CT molecular complexity index is 484. The molecule has 1 aromatic rings. The van der Waals surface area contributed by atoms with Gasteiger partial charge in [0.2, 0.25) is 5.91 Å². The third-order valence-electron chi connectivity index (χ3n) is 3.62. The van der Waals surface area contributed by atoms with Crippen molar-refractivity contribution in [2.45, 2.75) is 25.8 Å². The quantitative estimate of drug-likeness (QED) is 0.780. The summed E-state index contributed by atoms with van der Waals surface area (Å²) in [6.07, 6.45) is 1.98. The van der Waals surface area contributed by atoms with Gasteiger partial charge < -0.3 is 16.0 Å². The Labute approximate surface area is 119 Å². The number of benzene rings is 1. The van der Waals surface area contributed by atoms with Crippen molar-refractivity contribution in [1.82, 2.24) is 10.6 Å². The van der Waals surface area contributed by atoms with E-state index in [0.29, 0.717) is 17.2 Å². The van der Waals surface area contributed by atoms with Crippen LogP contribution in [-0.4, -0.2) is 31.4 Å². The Kier molecular flexibility index (Phi) is 4.74. The molecule has 2 atom stereocenters. The summed E-state index contributed by atoms with van der Waals surface area (Å²) in [4.78, 5) is 23.6. The largest absolute Gasteiger partial charge is 0.355 e. The maximum Gasteiger partial charge on any atom is 0.251 e. The highest BCUT2D eigenvalue weighted by Crippen LogP contribution is 2.17. The molecule has 0 radical (unpaired) electrons. The van der Waals surface area contributed by atoms with Gasteiger partial charge in [0.1, 0.15) is 0 Å². The maximum atomic E-state index is 12.1. The maximum absolute atomic E-state index is 12.1. The Morgan fingerprint density at radius 1 is 1.25 bits per heavy atom. The van der Waals surface area contributed by atoms with E-state index in [0.717, 1.165) is 19.4 Å². The average molecular weight is 275 g/mol. The molecular weight excluding hydrogens is 254 g/mol. The smallest absolute Gasteiger partial charge is 0.251 e. The van der Waals surface area contributed by atoms with Crippen molar-refractivity contribution in [3.05, 3.63) is 29.8 Å². The van der Waals surface area contributed by atoms with E-state index in [1.165, 1.54) is 0 Å². The molecule has 20 heavy (non-hydrogen) atoms. The van der Waals surface area contributed by atoms with Gasteiger partial charge in [-0.3, -0.25) is 9.59 Å². The van der Waals surface area contributed by atoms with Gasteiger partial charge >= 0.3 is 0 Å². The zero-order chi connectivity index (χ0) is 14.5. The lowest BCUT2D eigenvalue weighted by Gasteiger charge is -2.27. The Morgan fingerprint density at radius 2 is 1.95 bits per heavy atom. The third kappa shape index (κ3) is 3.57. The van der Waals surface area contributed by atoms with Crippen molar-refractivity contribution in [2.24, 2.45) is 5.92 Å². The van der Waals surface area contributed by atoms with Gasteiger partial charge in [0.25, 0.3) is 5.91 Å². The van der Waals surface area contributed by atoms with Gasteiger partial charge in [-0.25, -0.2) is 0 Å². The second kappa shape index (κ2) is 6.52. The van der Waals surface area contributed by atoms with Crippen LogP contribution in [0.15, 0.2) is 24.3 Å². The minimum atomic E-state index is -0.134. The molecule has 1 aliphatic rings. The number of rotatable bonds is 3. The van der Waals surface area contributed by atoms with Crippen molar-refractivity contribution >= 4 is 17.5 Å². The first kappa shape index (κ1) is 14.5. The molecule has 5 heteroatoms. The van der Waals surface area contributed by atoms with E-state index in [9.17, 15) is 9.59 Å². The van der Waals surface area contributed by atoms with Gasteiger partial charge in [-0.1, -0.05) is 6.92 Å². The number of piperidine rings is 1. The van der Waals surface area contributed by atoms with Gasteiger partial charge in [0.05, 0.1) is 6.04 Å². The number of anilines is 1. The summed E-state index contributed by atoms with van der Waals surface area (Å²) >= 11 is 0. The van der Waals surface area contributed by atoms with E-state index in [2.05, 4.69) is 22.9 Å². The molecule has 1 fully saturated rings. The number of carbonyl (C=O) groups excluding carboxylic acids is 2. The molecule has 5 nitrogen and oxygen atoms in total. The fraction of sp³-hybridized carbons (Fsp3) is 0.467. The normalized spacial score (nSPS) is 22.1. The second-order valence-electron chi connectivity index (χ2n) is 5.28. The predicted molar refractivity (Wildman–Crippen MR) is 78.7 cm³/mol.